The molecule has 0 unspecified atom stereocenters. The summed E-state index contributed by atoms with van der Waals surface area (Å²) in [5.41, 5.74) is 1.11. The lowest BCUT2D eigenvalue weighted by molar-refractivity contribution is 0.398. The number of thiocarbonyl (C=S) groups is 1. The minimum atomic E-state index is 0.679. The van der Waals surface area contributed by atoms with Crippen molar-refractivity contribution in [2.75, 3.05) is 31.1 Å². The maximum atomic E-state index is 6.16. The lowest BCUT2D eigenvalue weighted by atomic mass is 10.2. The van der Waals surface area contributed by atoms with Crippen molar-refractivity contribution in [2.45, 2.75) is 0 Å². The van der Waals surface area contributed by atoms with E-state index in [4.69, 9.17) is 23.8 Å². The maximum Gasteiger partial charge on any atom is 0.133 e. The van der Waals surface area contributed by atoms with Crippen molar-refractivity contribution in [1.82, 2.24) is 4.90 Å². The molecule has 1 saturated heterocycles. The molecule has 0 radical (unpaired) electrons. The molecule has 0 bridgehead atoms. The summed E-state index contributed by atoms with van der Waals surface area (Å²) >= 11 is 15.4. The molecule has 2 nitrogen and oxygen atoms in total. The molecular weight excluding hydrogens is 260 g/mol. The summed E-state index contributed by atoms with van der Waals surface area (Å²) in [5.74, 6) is 0. The van der Waals surface area contributed by atoms with Crippen LogP contribution in [-0.2, 0) is 0 Å². The second kappa shape index (κ2) is 5.25. The van der Waals surface area contributed by atoms with E-state index in [1.807, 2.05) is 18.2 Å². The highest BCUT2D eigenvalue weighted by Crippen LogP contribution is 2.26. The van der Waals surface area contributed by atoms with Crippen LogP contribution in [0.2, 0.25) is 5.02 Å². The summed E-state index contributed by atoms with van der Waals surface area (Å²) in [6.45, 7) is 3.69. The van der Waals surface area contributed by atoms with Crippen LogP contribution in [0.15, 0.2) is 24.3 Å². The molecule has 0 spiro atoms. The van der Waals surface area contributed by atoms with Gasteiger partial charge in [-0.15, -0.1) is 12.6 Å². The number of rotatable bonds is 1. The van der Waals surface area contributed by atoms with Crippen molar-refractivity contribution in [1.29, 1.82) is 0 Å². The molecule has 86 valence electrons. The van der Waals surface area contributed by atoms with Gasteiger partial charge in [-0.3, -0.25) is 0 Å². The van der Waals surface area contributed by atoms with Crippen LogP contribution in [0.3, 0.4) is 0 Å². The number of piperazine rings is 1. The number of benzene rings is 1. The summed E-state index contributed by atoms with van der Waals surface area (Å²) in [5, 5.41) is 0.810. The molecule has 0 atom stereocenters. The third-order valence-electron chi connectivity index (χ3n) is 2.74. The Morgan fingerprint density at radius 2 is 1.81 bits per heavy atom. The number of nitrogens with zero attached hydrogens (tertiary/aromatic N) is 2. The van der Waals surface area contributed by atoms with E-state index in [1.165, 1.54) is 0 Å². The van der Waals surface area contributed by atoms with Crippen LogP contribution < -0.4 is 4.90 Å². The average Bonchev–Trinajstić information content (AvgIpc) is 2.30. The Hall–Kier alpha value is -0.450. The summed E-state index contributed by atoms with van der Waals surface area (Å²) in [7, 11) is 0. The van der Waals surface area contributed by atoms with Crippen LogP contribution in [-0.4, -0.2) is 35.4 Å². The predicted octanol–water partition coefficient (Wildman–Crippen LogP) is 2.68. The lowest BCUT2D eigenvalue weighted by Gasteiger charge is -2.36. The predicted molar refractivity (Wildman–Crippen MR) is 76.8 cm³/mol. The Morgan fingerprint density at radius 1 is 1.19 bits per heavy atom. The minimum absolute atomic E-state index is 0.679. The lowest BCUT2D eigenvalue weighted by Crippen LogP contribution is -2.47. The molecule has 1 aliphatic heterocycles. The smallest absolute Gasteiger partial charge is 0.133 e. The van der Waals surface area contributed by atoms with Crippen LogP contribution in [0.4, 0.5) is 5.69 Å². The molecule has 0 amide bonds. The summed E-state index contributed by atoms with van der Waals surface area (Å²) in [6.07, 6.45) is 0. The molecule has 0 saturated carbocycles. The van der Waals surface area contributed by atoms with Crippen molar-refractivity contribution in [3.05, 3.63) is 29.3 Å². The Balaban J connectivity index is 2.05. The Labute approximate surface area is 112 Å². The quantitative estimate of drug-likeness (QED) is 0.621. The second-order valence-electron chi connectivity index (χ2n) is 3.71. The third kappa shape index (κ3) is 2.62. The Kier molecular flexibility index (Phi) is 3.95. The summed E-state index contributed by atoms with van der Waals surface area (Å²) < 4.78 is 0.679. The molecule has 1 aromatic rings. The monoisotopic (exact) mass is 272 g/mol. The fraction of sp³-hybridized carbons (Fsp3) is 0.364. The zero-order valence-electron chi connectivity index (χ0n) is 8.77. The zero-order chi connectivity index (χ0) is 11.5. The van der Waals surface area contributed by atoms with E-state index in [0.717, 1.165) is 36.9 Å². The van der Waals surface area contributed by atoms with Gasteiger partial charge in [0.05, 0.1) is 10.7 Å². The van der Waals surface area contributed by atoms with E-state index in [9.17, 15) is 0 Å². The van der Waals surface area contributed by atoms with Crippen molar-refractivity contribution < 1.29 is 0 Å². The molecule has 16 heavy (non-hydrogen) atoms. The normalized spacial score (nSPS) is 16.4. The molecule has 1 fully saturated rings. The molecule has 0 N–H and O–H groups in total. The van der Waals surface area contributed by atoms with Gasteiger partial charge in [0.2, 0.25) is 0 Å². The summed E-state index contributed by atoms with van der Waals surface area (Å²) in [6, 6.07) is 7.94. The minimum Gasteiger partial charge on any atom is -0.367 e. The van der Waals surface area contributed by atoms with Crippen molar-refractivity contribution in [3.63, 3.8) is 0 Å². The van der Waals surface area contributed by atoms with Gasteiger partial charge in [-0.25, -0.2) is 0 Å². The van der Waals surface area contributed by atoms with Crippen LogP contribution >= 0.6 is 36.4 Å². The van der Waals surface area contributed by atoms with E-state index in [0.29, 0.717) is 4.32 Å². The fourth-order valence-corrected chi connectivity index (χ4v) is 2.48. The van der Waals surface area contributed by atoms with Gasteiger partial charge in [-0.2, -0.15) is 0 Å². The fourth-order valence-electron chi connectivity index (χ4n) is 1.85. The topological polar surface area (TPSA) is 6.48 Å². The molecule has 5 heteroatoms. The van der Waals surface area contributed by atoms with E-state index in [2.05, 4.69) is 28.5 Å². The van der Waals surface area contributed by atoms with Gasteiger partial charge in [-0.1, -0.05) is 36.0 Å². The van der Waals surface area contributed by atoms with Crippen LogP contribution in [0, 0.1) is 0 Å². The first-order valence-corrected chi connectivity index (χ1v) is 6.39. The van der Waals surface area contributed by atoms with Gasteiger partial charge in [0.25, 0.3) is 0 Å². The van der Waals surface area contributed by atoms with Gasteiger partial charge in [-0.05, 0) is 12.1 Å². The maximum absolute atomic E-state index is 6.16. The van der Waals surface area contributed by atoms with E-state index in [1.54, 1.807) is 0 Å². The zero-order valence-corrected chi connectivity index (χ0v) is 11.2. The molecule has 1 aliphatic rings. The number of halogens is 1. The molecule has 1 heterocycles. The first kappa shape index (κ1) is 12.0. The number of para-hydroxylation sites is 1. The SMILES string of the molecule is S=C(S)N1CCN(c2ccccc2Cl)CC1. The molecule has 0 aromatic heterocycles. The van der Waals surface area contributed by atoms with Crippen molar-refractivity contribution in [2.24, 2.45) is 0 Å². The van der Waals surface area contributed by atoms with Gasteiger partial charge in [0, 0.05) is 26.2 Å². The summed E-state index contributed by atoms with van der Waals surface area (Å²) in [4.78, 5) is 4.39. The third-order valence-corrected chi connectivity index (χ3v) is 3.60. The number of thiol groups is 1. The average molecular weight is 273 g/mol. The standard InChI is InChI=1S/C11H13ClN2S2/c12-9-3-1-2-4-10(9)13-5-7-14(8-6-13)11(15)16/h1-4H,5-8H2,(H,15,16). The highest BCUT2D eigenvalue weighted by Gasteiger charge is 2.18. The van der Waals surface area contributed by atoms with Crippen LogP contribution in [0.25, 0.3) is 0 Å². The highest BCUT2D eigenvalue weighted by molar-refractivity contribution is 8.10. The van der Waals surface area contributed by atoms with Gasteiger partial charge >= 0.3 is 0 Å². The Morgan fingerprint density at radius 3 is 2.38 bits per heavy atom. The molecule has 2 rings (SSSR count). The number of hydrogen-bond acceptors (Lipinski definition) is 2. The van der Waals surface area contributed by atoms with Crippen LogP contribution in [0.5, 0.6) is 0 Å². The van der Waals surface area contributed by atoms with Crippen molar-refractivity contribution in [3.8, 4) is 0 Å². The van der Waals surface area contributed by atoms with Gasteiger partial charge in [0.1, 0.15) is 4.32 Å². The highest BCUT2D eigenvalue weighted by atomic mass is 35.5. The van der Waals surface area contributed by atoms with Gasteiger partial charge in [0.15, 0.2) is 0 Å². The number of hydrogen-bond donors (Lipinski definition) is 1. The largest absolute Gasteiger partial charge is 0.367 e. The Bertz CT molecular complexity index is 389. The molecule has 0 aliphatic carbocycles. The molecular formula is C11H13ClN2S2. The first-order valence-electron chi connectivity index (χ1n) is 5.16. The van der Waals surface area contributed by atoms with Gasteiger partial charge < -0.3 is 9.80 Å². The number of anilines is 1. The first-order chi connectivity index (χ1) is 7.68. The van der Waals surface area contributed by atoms with E-state index < -0.39 is 0 Å². The van der Waals surface area contributed by atoms with Crippen LogP contribution in [0.1, 0.15) is 0 Å². The molecule has 1 aromatic carbocycles. The second-order valence-corrected chi connectivity index (χ2v) is 5.23. The van der Waals surface area contributed by atoms with E-state index in [-0.39, 0.29) is 0 Å². The van der Waals surface area contributed by atoms with E-state index >= 15 is 0 Å². The van der Waals surface area contributed by atoms with Crippen molar-refractivity contribution >= 4 is 46.5 Å².